The minimum absolute atomic E-state index is 0.0566. The van der Waals surface area contributed by atoms with E-state index in [9.17, 15) is 24.3 Å². The maximum atomic E-state index is 13.6. The Morgan fingerprint density at radius 1 is 1.05 bits per heavy atom. The summed E-state index contributed by atoms with van der Waals surface area (Å²) in [5.74, 6) is -2.99. The third kappa shape index (κ3) is 4.93. The summed E-state index contributed by atoms with van der Waals surface area (Å²) in [6.07, 6.45) is 1.03. The molecule has 5 rings (SSSR count). The second-order valence-electron chi connectivity index (χ2n) is 13.3. The molecule has 0 bridgehead atoms. The fourth-order valence-corrected chi connectivity index (χ4v) is 8.42. The number of ether oxygens (including phenoxy) is 7. The molecule has 0 aromatic rings. The van der Waals surface area contributed by atoms with Gasteiger partial charge < -0.3 is 38.3 Å². The van der Waals surface area contributed by atoms with Gasteiger partial charge in [0.05, 0.1) is 30.5 Å². The van der Waals surface area contributed by atoms with E-state index in [4.69, 9.17) is 33.2 Å². The van der Waals surface area contributed by atoms with Crippen molar-refractivity contribution >= 4 is 23.9 Å². The Morgan fingerprint density at radius 3 is 2.30 bits per heavy atom. The molecular weight excluding hydrogens is 564 g/mol. The first-order chi connectivity index (χ1) is 20.1. The van der Waals surface area contributed by atoms with E-state index in [1.54, 1.807) is 13.2 Å². The lowest BCUT2D eigenvalue weighted by Crippen LogP contribution is -2.74. The summed E-state index contributed by atoms with van der Waals surface area (Å²) in [6, 6.07) is 0. The summed E-state index contributed by atoms with van der Waals surface area (Å²) in [5.41, 5.74) is -4.80. The zero-order valence-corrected chi connectivity index (χ0v) is 26.0. The second kappa shape index (κ2) is 11.0. The molecule has 0 aromatic carbocycles. The third-order valence-corrected chi connectivity index (χ3v) is 11.0. The van der Waals surface area contributed by atoms with Crippen molar-refractivity contribution in [3.63, 3.8) is 0 Å². The number of carbonyl (C=O) groups excluding carboxylic acids is 4. The van der Waals surface area contributed by atoms with Crippen molar-refractivity contribution in [3.8, 4) is 0 Å². The average molecular weight is 609 g/mol. The normalized spacial score (nSPS) is 43.9. The molecule has 1 N–H and O–H groups in total. The average Bonchev–Trinajstić information content (AvgIpc) is 3.40. The highest BCUT2D eigenvalue weighted by atomic mass is 16.7. The SMILES string of the molecule is CC[C@](C)(OC(C)=O)C(=O)O[C@H]1[C@H](O)C[C@@H]2[C@@](C)([C@H]3C[C@H]4C=CO[C@H]4O3)[C@H](C)C[C@H](OC(C)=O)[C@@]2(COC(C)=O)[C@@]12CO2. The molecule has 0 radical (unpaired) electrons. The number of epoxide rings is 1. The minimum Gasteiger partial charge on any atom is -0.472 e. The van der Waals surface area contributed by atoms with Crippen LogP contribution in [0.1, 0.15) is 74.1 Å². The number of fused-ring (bicyclic) bond motifs is 3. The highest BCUT2D eigenvalue weighted by Gasteiger charge is 2.81. The summed E-state index contributed by atoms with van der Waals surface area (Å²) in [7, 11) is 0. The van der Waals surface area contributed by atoms with Crippen LogP contribution in [-0.2, 0) is 52.3 Å². The van der Waals surface area contributed by atoms with Crippen LogP contribution in [-0.4, -0.2) is 84.1 Å². The van der Waals surface area contributed by atoms with Gasteiger partial charge in [-0.2, -0.15) is 0 Å². The van der Waals surface area contributed by atoms with Crippen LogP contribution in [0.5, 0.6) is 0 Å². The lowest BCUT2D eigenvalue weighted by molar-refractivity contribution is -0.285. The molecule has 3 heterocycles. The summed E-state index contributed by atoms with van der Waals surface area (Å²) in [6.45, 7) is 11.0. The number of rotatable bonds is 8. The van der Waals surface area contributed by atoms with Gasteiger partial charge in [-0.3, -0.25) is 14.4 Å². The van der Waals surface area contributed by atoms with E-state index < -0.39 is 76.4 Å². The summed E-state index contributed by atoms with van der Waals surface area (Å²) < 4.78 is 41.5. The molecule has 4 fully saturated rings. The first-order valence-corrected chi connectivity index (χ1v) is 15.2. The van der Waals surface area contributed by atoms with Crippen molar-refractivity contribution in [3.05, 3.63) is 12.3 Å². The van der Waals surface area contributed by atoms with Gasteiger partial charge in [0.1, 0.15) is 18.3 Å². The Morgan fingerprint density at radius 2 is 1.74 bits per heavy atom. The number of carbonyl (C=O) groups is 4. The summed E-state index contributed by atoms with van der Waals surface area (Å²) in [5, 5.41) is 11.8. The number of hydrogen-bond acceptors (Lipinski definition) is 12. The molecule has 2 aliphatic carbocycles. The van der Waals surface area contributed by atoms with Gasteiger partial charge in [0.25, 0.3) is 0 Å². The Kier molecular flexibility index (Phi) is 8.13. The van der Waals surface area contributed by atoms with Gasteiger partial charge in [0.15, 0.2) is 6.10 Å². The maximum Gasteiger partial charge on any atom is 0.350 e. The predicted octanol–water partition coefficient (Wildman–Crippen LogP) is 2.58. The standard InChI is InChI=1S/C31H44O12/c1-8-28(6,43-19(5)34)27(36)42-25-21(35)13-22-29(7,23-12-20-9-10-37-26(20)41-23)16(2)11-24(40-18(4)33)30(22,14-38-17(3)32)31(25)15-39-31/h9-10,16,20-26,35H,8,11-15H2,1-7H3/t16-,20-,21-,22-,23-,24+,25+,26+,28+,29+,30+,31-/m1/s1. The van der Waals surface area contributed by atoms with E-state index in [1.807, 2.05) is 6.08 Å². The largest absolute Gasteiger partial charge is 0.472 e. The number of esters is 4. The molecule has 3 aliphatic heterocycles. The topological polar surface area (TPSA) is 156 Å². The quantitative estimate of drug-likeness (QED) is 0.244. The fraction of sp³-hybridized carbons (Fsp3) is 0.806. The van der Waals surface area contributed by atoms with Crippen molar-refractivity contribution < 1.29 is 57.4 Å². The van der Waals surface area contributed by atoms with E-state index in [0.29, 0.717) is 12.8 Å². The summed E-state index contributed by atoms with van der Waals surface area (Å²) in [4.78, 5) is 50.3. The van der Waals surface area contributed by atoms with Crippen LogP contribution in [0.3, 0.4) is 0 Å². The van der Waals surface area contributed by atoms with Crippen molar-refractivity contribution in [2.75, 3.05) is 13.2 Å². The van der Waals surface area contributed by atoms with Gasteiger partial charge in [-0.25, -0.2) is 4.79 Å². The van der Waals surface area contributed by atoms with E-state index >= 15 is 0 Å². The molecule has 2 saturated heterocycles. The first kappa shape index (κ1) is 31.7. The molecule has 43 heavy (non-hydrogen) atoms. The Labute approximate surface area is 251 Å². The lowest BCUT2D eigenvalue weighted by Gasteiger charge is -2.65. The molecule has 12 nitrogen and oxygen atoms in total. The highest BCUT2D eigenvalue weighted by molar-refractivity contribution is 5.82. The molecular formula is C31H44O12. The van der Waals surface area contributed by atoms with Crippen molar-refractivity contribution in [2.24, 2.45) is 28.6 Å². The van der Waals surface area contributed by atoms with Gasteiger partial charge in [0.2, 0.25) is 11.9 Å². The molecule has 0 unspecified atom stereocenters. The molecule has 1 spiro atoms. The minimum atomic E-state index is -1.60. The zero-order chi connectivity index (χ0) is 31.5. The fourth-order valence-electron chi connectivity index (χ4n) is 8.42. The molecule has 5 aliphatic rings. The van der Waals surface area contributed by atoms with Crippen LogP contribution in [0.15, 0.2) is 12.3 Å². The van der Waals surface area contributed by atoms with Crippen LogP contribution in [0.25, 0.3) is 0 Å². The van der Waals surface area contributed by atoms with Gasteiger partial charge in [0, 0.05) is 32.1 Å². The van der Waals surface area contributed by atoms with Gasteiger partial charge >= 0.3 is 23.9 Å². The van der Waals surface area contributed by atoms with Crippen LogP contribution >= 0.6 is 0 Å². The van der Waals surface area contributed by atoms with Crippen LogP contribution in [0, 0.1) is 28.6 Å². The van der Waals surface area contributed by atoms with E-state index in [0.717, 1.165) is 0 Å². The Bertz CT molecular complexity index is 1180. The molecule has 2 saturated carbocycles. The monoisotopic (exact) mass is 608 g/mol. The second-order valence-corrected chi connectivity index (χ2v) is 13.3. The molecule has 240 valence electrons. The maximum absolute atomic E-state index is 13.6. The smallest absolute Gasteiger partial charge is 0.350 e. The van der Waals surface area contributed by atoms with E-state index in [1.165, 1.54) is 27.7 Å². The first-order valence-electron chi connectivity index (χ1n) is 15.2. The molecule has 12 heteroatoms. The van der Waals surface area contributed by atoms with E-state index in [2.05, 4.69) is 13.8 Å². The Hall–Kier alpha value is -2.70. The predicted molar refractivity (Wildman–Crippen MR) is 147 cm³/mol. The molecule has 12 atom stereocenters. The van der Waals surface area contributed by atoms with Crippen LogP contribution < -0.4 is 0 Å². The Balaban J connectivity index is 1.61. The lowest BCUT2D eigenvalue weighted by atomic mass is 9.41. The highest BCUT2D eigenvalue weighted by Crippen LogP contribution is 2.70. The third-order valence-electron chi connectivity index (χ3n) is 11.0. The number of aliphatic hydroxyl groups excluding tert-OH is 1. The molecule has 0 amide bonds. The van der Waals surface area contributed by atoms with E-state index in [-0.39, 0.29) is 44.0 Å². The summed E-state index contributed by atoms with van der Waals surface area (Å²) >= 11 is 0. The molecule has 0 aromatic heterocycles. The number of hydrogen-bond donors (Lipinski definition) is 1. The van der Waals surface area contributed by atoms with Crippen LogP contribution in [0.2, 0.25) is 0 Å². The van der Waals surface area contributed by atoms with Gasteiger partial charge in [-0.1, -0.05) is 20.8 Å². The van der Waals surface area contributed by atoms with Crippen molar-refractivity contribution in [2.45, 2.75) is 116 Å². The van der Waals surface area contributed by atoms with Crippen molar-refractivity contribution in [1.29, 1.82) is 0 Å². The number of aliphatic hydroxyl groups is 1. The van der Waals surface area contributed by atoms with Gasteiger partial charge in [-0.15, -0.1) is 0 Å². The van der Waals surface area contributed by atoms with Crippen LogP contribution in [0.4, 0.5) is 0 Å². The zero-order valence-electron chi connectivity index (χ0n) is 26.0. The van der Waals surface area contributed by atoms with Crippen molar-refractivity contribution in [1.82, 2.24) is 0 Å². The van der Waals surface area contributed by atoms with Gasteiger partial charge in [-0.05, 0) is 50.5 Å².